The predicted molar refractivity (Wildman–Crippen MR) is 152 cm³/mol. The number of rotatable bonds is 7. The lowest BCUT2D eigenvalue weighted by molar-refractivity contribution is 0.0581. The van der Waals surface area contributed by atoms with Gasteiger partial charge in [0.15, 0.2) is 17.1 Å². The molecule has 40 heavy (non-hydrogen) atoms. The fourth-order valence-electron chi connectivity index (χ4n) is 4.09. The highest BCUT2D eigenvalue weighted by Gasteiger charge is 2.23. The minimum Gasteiger partial charge on any atom is -0.497 e. The van der Waals surface area contributed by atoms with Gasteiger partial charge in [-0.25, -0.2) is 14.8 Å². The zero-order chi connectivity index (χ0) is 28.4. The summed E-state index contributed by atoms with van der Waals surface area (Å²) in [5.41, 5.74) is 7.64. The normalized spacial score (nSPS) is 14.1. The van der Waals surface area contributed by atoms with Gasteiger partial charge in [-0.2, -0.15) is 4.98 Å². The summed E-state index contributed by atoms with van der Waals surface area (Å²) in [7, 11) is 3.15. The van der Waals surface area contributed by atoms with Gasteiger partial charge in [0.2, 0.25) is 5.95 Å². The number of anilines is 3. The first kappa shape index (κ1) is 26.8. The first-order chi connectivity index (χ1) is 19.1. The number of aromatic nitrogens is 3. The van der Waals surface area contributed by atoms with Crippen molar-refractivity contribution < 1.29 is 23.7 Å². The third kappa shape index (κ3) is 5.91. The average molecular weight is 546 g/mol. The molecule has 5 N–H and O–H groups in total. The highest BCUT2D eigenvalue weighted by Crippen LogP contribution is 2.38. The molecule has 0 saturated heterocycles. The molecule has 12 heteroatoms. The Balaban J connectivity index is 1.52. The van der Waals surface area contributed by atoms with Gasteiger partial charge in [-0.1, -0.05) is 0 Å². The SMILES string of the molecule is COc1cc(OC)cc(-c2cc3cnc(Nc4ccc5c(c4)OC(CN)O5)nc3nc2NC(=O)NC(C)(C)C)c1. The Kier molecular flexibility index (Phi) is 7.18. The number of urea groups is 1. The quantitative estimate of drug-likeness (QED) is 0.262. The van der Waals surface area contributed by atoms with Crippen LogP contribution in [0.1, 0.15) is 20.8 Å². The van der Waals surface area contributed by atoms with Gasteiger partial charge in [0.25, 0.3) is 6.29 Å². The van der Waals surface area contributed by atoms with Gasteiger partial charge in [0.1, 0.15) is 17.3 Å². The van der Waals surface area contributed by atoms with Crippen LogP contribution in [0.4, 0.5) is 22.2 Å². The van der Waals surface area contributed by atoms with Gasteiger partial charge in [-0.3, -0.25) is 5.32 Å². The van der Waals surface area contributed by atoms with Crippen molar-refractivity contribution in [3.63, 3.8) is 0 Å². The predicted octanol–water partition coefficient (Wildman–Crippen LogP) is 4.43. The molecule has 1 aliphatic rings. The van der Waals surface area contributed by atoms with Crippen LogP contribution in [0.5, 0.6) is 23.0 Å². The Morgan fingerprint density at radius 3 is 2.40 bits per heavy atom. The molecule has 2 aromatic heterocycles. The molecule has 2 aromatic carbocycles. The van der Waals surface area contributed by atoms with E-state index >= 15 is 0 Å². The summed E-state index contributed by atoms with van der Waals surface area (Å²) in [6, 6.07) is 12.3. The molecule has 1 aliphatic heterocycles. The molecule has 0 spiro atoms. The Labute approximate surface area is 231 Å². The number of nitrogens with two attached hydrogens (primary N) is 1. The minimum atomic E-state index is -0.508. The lowest BCUT2D eigenvalue weighted by Gasteiger charge is -2.21. The molecule has 4 aromatic rings. The number of carbonyl (C=O) groups is 1. The first-order valence-electron chi connectivity index (χ1n) is 12.6. The van der Waals surface area contributed by atoms with Crippen LogP contribution < -0.4 is 40.6 Å². The number of benzene rings is 2. The topological polar surface area (TPSA) is 155 Å². The summed E-state index contributed by atoms with van der Waals surface area (Å²) in [6.07, 6.45) is 1.15. The number of pyridine rings is 1. The number of nitrogens with one attached hydrogen (secondary N) is 3. The third-order valence-electron chi connectivity index (χ3n) is 5.86. The van der Waals surface area contributed by atoms with E-state index in [-0.39, 0.29) is 6.54 Å². The molecule has 208 valence electrons. The number of nitrogens with zero attached hydrogens (tertiary/aromatic N) is 3. The molecule has 2 amide bonds. The molecular weight excluding hydrogens is 514 g/mol. The standard InChI is InChI=1S/C28H31N7O5/c1-28(2,3)35-27(36)34-25-20(15-8-18(37-4)12-19(9-15)38-5)10-16-14-30-26(33-24(16)32-25)31-17-6-7-21-22(11-17)40-23(13-29)39-21/h6-12,14,23H,13,29H2,1-5H3,(H3,30,31,32,33,34,35,36). The van der Waals surface area contributed by atoms with Gasteiger partial charge >= 0.3 is 6.03 Å². The van der Waals surface area contributed by atoms with Crippen LogP contribution in [0.15, 0.2) is 48.7 Å². The fourth-order valence-corrected chi connectivity index (χ4v) is 4.09. The average Bonchev–Trinajstić information content (AvgIpc) is 3.34. The molecule has 3 heterocycles. The van der Waals surface area contributed by atoms with Crippen LogP contribution in [-0.4, -0.2) is 53.6 Å². The van der Waals surface area contributed by atoms with Gasteiger partial charge in [0.05, 0.1) is 20.8 Å². The Morgan fingerprint density at radius 2 is 1.73 bits per heavy atom. The number of ether oxygens (including phenoxy) is 4. The number of hydrogen-bond donors (Lipinski definition) is 4. The van der Waals surface area contributed by atoms with Gasteiger partial charge in [-0.05, 0) is 56.7 Å². The van der Waals surface area contributed by atoms with Crippen LogP contribution in [0.3, 0.4) is 0 Å². The summed E-state index contributed by atoms with van der Waals surface area (Å²) in [5.74, 6) is 3.01. The van der Waals surface area contributed by atoms with E-state index in [9.17, 15) is 4.79 Å². The minimum absolute atomic E-state index is 0.242. The molecule has 0 saturated carbocycles. The maximum Gasteiger partial charge on any atom is 0.320 e. The molecule has 1 unspecified atom stereocenters. The lowest BCUT2D eigenvalue weighted by atomic mass is 10.0. The van der Waals surface area contributed by atoms with Crippen molar-refractivity contribution in [2.75, 3.05) is 31.4 Å². The van der Waals surface area contributed by atoms with Gasteiger partial charge in [-0.15, -0.1) is 0 Å². The van der Waals surface area contributed by atoms with Crippen LogP contribution in [0, 0.1) is 0 Å². The number of amides is 2. The summed E-state index contributed by atoms with van der Waals surface area (Å²) >= 11 is 0. The van der Waals surface area contributed by atoms with E-state index in [1.807, 2.05) is 45.0 Å². The summed E-state index contributed by atoms with van der Waals surface area (Å²) in [5, 5.41) is 9.60. The van der Waals surface area contributed by atoms with E-state index in [1.54, 1.807) is 38.6 Å². The smallest absolute Gasteiger partial charge is 0.320 e. The highest BCUT2D eigenvalue weighted by atomic mass is 16.7. The molecule has 0 fully saturated rings. The molecular formula is C28H31N7O5. The second kappa shape index (κ2) is 10.7. The van der Waals surface area contributed by atoms with Crippen molar-refractivity contribution in [3.05, 3.63) is 48.7 Å². The number of hydrogen-bond acceptors (Lipinski definition) is 10. The summed E-state index contributed by atoms with van der Waals surface area (Å²) in [4.78, 5) is 26.6. The monoisotopic (exact) mass is 545 g/mol. The lowest BCUT2D eigenvalue weighted by Crippen LogP contribution is -2.43. The second-order valence-corrected chi connectivity index (χ2v) is 10.1. The number of fused-ring (bicyclic) bond motifs is 2. The van der Waals surface area contributed by atoms with Crippen LogP contribution in [0.25, 0.3) is 22.2 Å². The fraction of sp³-hybridized carbons (Fsp3) is 0.286. The zero-order valence-corrected chi connectivity index (χ0v) is 22.9. The molecule has 12 nitrogen and oxygen atoms in total. The maximum atomic E-state index is 12.9. The van der Waals surface area contributed by atoms with Crippen molar-refractivity contribution in [2.45, 2.75) is 32.6 Å². The zero-order valence-electron chi connectivity index (χ0n) is 22.9. The van der Waals surface area contributed by atoms with Crippen molar-refractivity contribution in [1.29, 1.82) is 0 Å². The van der Waals surface area contributed by atoms with E-state index < -0.39 is 17.9 Å². The Hall–Kier alpha value is -4.84. The van der Waals surface area contributed by atoms with Gasteiger partial charge < -0.3 is 35.3 Å². The Bertz CT molecular complexity index is 1550. The van der Waals surface area contributed by atoms with Crippen LogP contribution in [-0.2, 0) is 0 Å². The van der Waals surface area contributed by atoms with Crippen LogP contribution in [0.2, 0.25) is 0 Å². The van der Waals surface area contributed by atoms with E-state index in [1.165, 1.54) is 0 Å². The Morgan fingerprint density at radius 1 is 1.00 bits per heavy atom. The van der Waals surface area contributed by atoms with Crippen molar-refractivity contribution in [1.82, 2.24) is 20.3 Å². The third-order valence-corrected chi connectivity index (χ3v) is 5.86. The molecule has 1 atom stereocenters. The summed E-state index contributed by atoms with van der Waals surface area (Å²) in [6.45, 7) is 5.93. The van der Waals surface area contributed by atoms with Crippen molar-refractivity contribution >= 4 is 34.5 Å². The summed E-state index contributed by atoms with van der Waals surface area (Å²) < 4.78 is 22.2. The second-order valence-electron chi connectivity index (χ2n) is 10.1. The molecule has 0 aliphatic carbocycles. The van der Waals surface area contributed by atoms with Crippen LogP contribution >= 0.6 is 0 Å². The number of methoxy groups -OCH3 is 2. The molecule has 5 rings (SSSR count). The van der Waals surface area contributed by atoms with E-state index in [0.29, 0.717) is 57.0 Å². The van der Waals surface area contributed by atoms with E-state index in [0.717, 1.165) is 5.56 Å². The van der Waals surface area contributed by atoms with Gasteiger partial charge in [0, 0.05) is 40.5 Å². The van der Waals surface area contributed by atoms with E-state index in [2.05, 4.69) is 25.9 Å². The van der Waals surface area contributed by atoms with Crippen molar-refractivity contribution in [3.8, 4) is 34.1 Å². The maximum absolute atomic E-state index is 12.9. The van der Waals surface area contributed by atoms with E-state index in [4.69, 9.17) is 29.7 Å². The van der Waals surface area contributed by atoms with Crippen molar-refractivity contribution in [2.24, 2.45) is 5.73 Å². The number of carbonyl (C=O) groups excluding carboxylic acids is 1. The molecule has 0 bridgehead atoms. The highest BCUT2D eigenvalue weighted by molar-refractivity contribution is 5.97. The first-order valence-corrected chi connectivity index (χ1v) is 12.6. The molecule has 0 radical (unpaired) electrons. The largest absolute Gasteiger partial charge is 0.497 e.